The van der Waals surface area contributed by atoms with E-state index >= 15 is 0 Å². The maximum atomic E-state index is 13.6. The molecule has 0 fully saturated rings. The largest absolute Gasteiger partial charge is 0.449 e. The van der Waals surface area contributed by atoms with Crippen molar-refractivity contribution in [3.8, 4) is 0 Å². The third-order valence-corrected chi connectivity index (χ3v) is 3.68. The van der Waals surface area contributed by atoms with Gasteiger partial charge in [0.2, 0.25) is 0 Å². The van der Waals surface area contributed by atoms with Crippen molar-refractivity contribution in [3.63, 3.8) is 0 Å². The maximum absolute atomic E-state index is 13.6. The van der Waals surface area contributed by atoms with Crippen LogP contribution in [0, 0.1) is 19.7 Å². The molecule has 0 radical (unpaired) electrons. The van der Waals surface area contributed by atoms with E-state index < -0.39 is 23.8 Å². The molecule has 0 aliphatic carbocycles. The highest BCUT2D eigenvalue weighted by atomic mass is 35.5. The van der Waals surface area contributed by atoms with Crippen molar-refractivity contribution in [2.24, 2.45) is 0 Å². The normalized spacial score (nSPS) is 11.7. The smallest absolute Gasteiger partial charge is 0.341 e. The molecule has 1 amide bonds. The number of hydrogen-bond acceptors (Lipinski definition) is 3. The summed E-state index contributed by atoms with van der Waals surface area (Å²) in [6.45, 7) is 5.22. The molecular weight excluding hydrogens is 333 g/mol. The fraction of sp³-hybridized carbons (Fsp3) is 0.222. The zero-order valence-corrected chi connectivity index (χ0v) is 14.3. The minimum Gasteiger partial charge on any atom is -0.449 e. The molecular formula is C18H17ClFNO3. The summed E-state index contributed by atoms with van der Waals surface area (Å²) in [5.41, 5.74) is 2.28. The van der Waals surface area contributed by atoms with Crippen LogP contribution in [-0.4, -0.2) is 18.0 Å². The van der Waals surface area contributed by atoms with E-state index in [1.807, 2.05) is 26.0 Å². The van der Waals surface area contributed by atoms with Crippen LogP contribution in [0.5, 0.6) is 0 Å². The second-order valence-corrected chi connectivity index (χ2v) is 5.92. The summed E-state index contributed by atoms with van der Waals surface area (Å²) in [6.07, 6.45) is -1.09. The van der Waals surface area contributed by atoms with Crippen molar-refractivity contribution in [1.82, 2.24) is 0 Å². The first-order chi connectivity index (χ1) is 11.3. The number of nitrogens with one attached hydrogen (secondary N) is 1. The summed E-state index contributed by atoms with van der Waals surface area (Å²) in [7, 11) is 0. The Morgan fingerprint density at radius 2 is 1.88 bits per heavy atom. The number of benzene rings is 2. The number of amides is 1. The molecule has 126 valence electrons. The van der Waals surface area contributed by atoms with Crippen molar-refractivity contribution in [3.05, 3.63) is 63.9 Å². The van der Waals surface area contributed by atoms with Crippen LogP contribution in [0.4, 0.5) is 10.1 Å². The van der Waals surface area contributed by atoms with Crippen LogP contribution in [0.15, 0.2) is 36.4 Å². The standard InChI is InChI=1S/C18H17ClFNO3/c1-10-4-7-16(11(2)8-10)21-17(22)12(3)24-18(23)14-9-13(19)5-6-15(14)20/h4-9,12H,1-3H3,(H,21,22)/t12-/m1/s1. The summed E-state index contributed by atoms with van der Waals surface area (Å²) in [5, 5.41) is 2.89. The molecule has 0 bridgehead atoms. The van der Waals surface area contributed by atoms with E-state index in [4.69, 9.17) is 16.3 Å². The molecule has 0 aliphatic rings. The summed E-state index contributed by atoms with van der Waals surface area (Å²) in [4.78, 5) is 24.2. The van der Waals surface area contributed by atoms with Gasteiger partial charge in [-0.1, -0.05) is 29.3 Å². The average molecular weight is 350 g/mol. The number of carbonyl (C=O) groups is 2. The lowest BCUT2D eigenvalue weighted by molar-refractivity contribution is -0.123. The molecule has 0 aromatic heterocycles. The number of esters is 1. The lowest BCUT2D eigenvalue weighted by Crippen LogP contribution is -2.30. The predicted octanol–water partition coefficient (Wildman–Crippen LogP) is 4.28. The van der Waals surface area contributed by atoms with Gasteiger partial charge in [0, 0.05) is 10.7 Å². The van der Waals surface area contributed by atoms with Crippen molar-refractivity contribution in [2.75, 3.05) is 5.32 Å². The number of carbonyl (C=O) groups excluding carboxylic acids is 2. The quantitative estimate of drug-likeness (QED) is 0.838. The molecule has 2 aromatic rings. The fourth-order valence-corrected chi connectivity index (χ4v) is 2.29. The molecule has 6 heteroatoms. The summed E-state index contributed by atoms with van der Waals surface area (Å²) in [5.74, 6) is -2.21. The second-order valence-electron chi connectivity index (χ2n) is 5.48. The van der Waals surface area contributed by atoms with E-state index in [2.05, 4.69) is 5.32 Å². The fourth-order valence-electron chi connectivity index (χ4n) is 2.12. The third-order valence-electron chi connectivity index (χ3n) is 3.44. The van der Waals surface area contributed by atoms with Crippen LogP contribution in [0.2, 0.25) is 5.02 Å². The van der Waals surface area contributed by atoms with Crippen LogP contribution in [0.25, 0.3) is 0 Å². The van der Waals surface area contributed by atoms with Crippen LogP contribution in [0.1, 0.15) is 28.4 Å². The Morgan fingerprint density at radius 3 is 2.54 bits per heavy atom. The van der Waals surface area contributed by atoms with Gasteiger partial charge < -0.3 is 10.1 Å². The van der Waals surface area contributed by atoms with E-state index in [1.165, 1.54) is 13.0 Å². The van der Waals surface area contributed by atoms with Crippen LogP contribution in [-0.2, 0) is 9.53 Å². The maximum Gasteiger partial charge on any atom is 0.341 e. The van der Waals surface area contributed by atoms with Crippen molar-refractivity contribution in [1.29, 1.82) is 0 Å². The van der Waals surface area contributed by atoms with E-state index in [9.17, 15) is 14.0 Å². The Bertz CT molecular complexity index is 792. The lowest BCUT2D eigenvalue weighted by atomic mass is 10.1. The van der Waals surface area contributed by atoms with Crippen LogP contribution < -0.4 is 5.32 Å². The highest BCUT2D eigenvalue weighted by molar-refractivity contribution is 6.30. The van der Waals surface area contributed by atoms with Gasteiger partial charge in [-0.2, -0.15) is 0 Å². The van der Waals surface area contributed by atoms with E-state index in [0.717, 1.165) is 23.3 Å². The molecule has 2 rings (SSSR count). The first-order valence-electron chi connectivity index (χ1n) is 7.32. The lowest BCUT2D eigenvalue weighted by Gasteiger charge is -2.15. The Labute approximate surface area is 144 Å². The van der Waals surface area contributed by atoms with Crippen LogP contribution >= 0.6 is 11.6 Å². The zero-order chi connectivity index (χ0) is 17.9. The zero-order valence-electron chi connectivity index (χ0n) is 13.5. The molecule has 0 saturated heterocycles. The Kier molecular flexibility index (Phi) is 5.57. The second kappa shape index (κ2) is 7.45. The summed E-state index contributed by atoms with van der Waals surface area (Å²) in [6, 6.07) is 9.11. The molecule has 0 saturated carbocycles. The molecule has 1 atom stereocenters. The molecule has 4 nitrogen and oxygen atoms in total. The Balaban J connectivity index is 2.05. The summed E-state index contributed by atoms with van der Waals surface area (Å²) < 4.78 is 18.7. The molecule has 0 aliphatic heterocycles. The van der Waals surface area contributed by atoms with E-state index in [0.29, 0.717) is 5.69 Å². The minimum absolute atomic E-state index is 0.204. The Hall–Kier alpha value is -2.40. The molecule has 24 heavy (non-hydrogen) atoms. The van der Waals surface area contributed by atoms with E-state index in [1.54, 1.807) is 6.07 Å². The third kappa shape index (κ3) is 4.32. The molecule has 0 unspecified atom stereocenters. The molecule has 0 spiro atoms. The van der Waals surface area contributed by atoms with E-state index in [-0.39, 0.29) is 10.6 Å². The van der Waals surface area contributed by atoms with Gasteiger partial charge in [-0.25, -0.2) is 9.18 Å². The molecule has 1 N–H and O–H groups in total. The number of rotatable bonds is 4. The Morgan fingerprint density at radius 1 is 1.17 bits per heavy atom. The monoisotopic (exact) mass is 349 g/mol. The van der Waals surface area contributed by atoms with Gasteiger partial charge in [0.1, 0.15) is 5.82 Å². The number of aryl methyl sites for hydroxylation is 2. The van der Waals surface area contributed by atoms with Gasteiger partial charge in [0.15, 0.2) is 6.10 Å². The minimum atomic E-state index is -1.09. The summed E-state index contributed by atoms with van der Waals surface area (Å²) >= 11 is 5.74. The average Bonchev–Trinajstić information content (AvgIpc) is 2.52. The van der Waals surface area contributed by atoms with Gasteiger partial charge in [-0.15, -0.1) is 0 Å². The van der Waals surface area contributed by atoms with Crippen molar-refractivity contribution < 1.29 is 18.7 Å². The SMILES string of the molecule is Cc1ccc(NC(=O)[C@@H](C)OC(=O)c2cc(Cl)ccc2F)c(C)c1. The molecule has 0 heterocycles. The van der Waals surface area contributed by atoms with Gasteiger partial charge in [-0.3, -0.25) is 4.79 Å². The first kappa shape index (κ1) is 17.9. The number of hydrogen-bond donors (Lipinski definition) is 1. The highest BCUT2D eigenvalue weighted by Crippen LogP contribution is 2.18. The van der Waals surface area contributed by atoms with Gasteiger partial charge in [0.25, 0.3) is 5.91 Å². The highest BCUT2D eigenvalue weighted by Gasteiger charge is 2.21. The topological polar surface area (TPSA) is 55.4 Å². The van der Waals surface area contributed by atoms with Crippen LogP contribution in [0.3, 0.4) is 0 Å². The van der Waals surface area contributed by atoms with Crippen molar-refractivity contribution >= 4 is 29.2 Å². The van der Waals surface area contributed by atoms with Crippen molar-refractivity contribution in [2.45, 2.75) is 26.9 Å². The van der Waals surface area contributed by atoms with Gasteiger partial charge in [-0.05, 0) is 50.6 Å². The van der Waals surface area contributed by atoms with Gasteiger partial charge >= 0.3 is 5.97 Å². The molecule has 2 aromatic carbocycles. The van der Waals surface area contributed by atoms with Gasteiger partial charge in [0.05, 0.1) is 5.56 Å². The predicted molar refractivity (Wildman–Crippen MR) is 90.8 cm³/mol. The number of ether oxygens (including phenoxy) is 1. The number of anilines is 1. The first-order valence-corrected chi connectivity index (χ1v) is 7.70. The number of halogens is 2.